The number of nitrogens with one attached hydrogen (secondary N) is 1. The van der Waals surface area contributed by atoms with Gasteiger partial charge >= 0.3 is 0 Å². The van der Waals surface area contributed by atoms with E-state index >= 15 is 0 Å². The van der Waals surface area contributed by atoms with Crippen molar-refractivity contribution in [3.8, 4) is 0 Å². The molecule has 0 unspecified atom stereocenters. The van der Waals surface area contributed by atoms with Crippen LogP contribution in [0.25, 0.3) is 11.0 Å². The van der Waals surface area contributed by atoms with Gasteiger partial charge in [0.25, 0.3) is 0 Å². The molecule has 0 aliphatic heterocycles. The fourth-order valence-electron chi connectivity index (χ4n) is 1.25. The fraction of sp³-hybridized carbons (Fsp3) is 0.125. The molecule has 1 aromatic heterocycles. The lowest BCUT2D eigenvalue weighted by Gasteiger charge is -2.00. The van der Waals surface area contributed by atoms with Crippen LogP contribution in [0.2, 0.25) is 0 Å². The van der Waals surface area contributed by atoms with Crippen LogP contribution in [0.15, 0.2) is 12.4 Å². The monoisotopic (exact) mass is 184 g/mol. The average Bonchev–Trinajstić information content (AvgIpc) is 2.53. The summed E-state index contributed by atoms with van der Waals surface area (Å²) >= 11 is 0. The summed E-state index contributed by atoms with van der Waals surface area (Å²) in [6.07, 6.45) is 1.26. The highest BCUT2D eigenvalue weighted by Crippen LogP contribution is 2.21. The van der Waals surface area contributed by atoms with Gasteiger partial charge in [-0.15, -0.1) is 0 Å². The average molecular weight is 184 g/mol. The summed E-state index contributed by atoms with van der Waals surface area (Å²) in [5, 5.41) is 8.82. The Bertz CT molecular complexity index is 453. The molecular formula is C8H6F2N2O. The summed E-state index contributed by atoms with van der Waals surface area (Å²) in [6.45, 7) is -0.481. The van der Waals surface area contributed by atoms with Gasteiger partial charge in [-0.2, -0.15) is 0 Å². The molecule has 1 aromatic carbocycles. The van der Waals surface area contributed by atoms with Crippen LogP contribution in [0.3, 0.4) is 0 Å². The number of nitrogens with zero attached hydrogens (tertiary/aromatic N) is 1. The van der Waals surface area contributed by atoms with Crippen molar-refractivity contribution in [3.05, 3.63) is 29.6 Å². The molecule has 13 heavy (non-hydrogen) atoms. The lowest BCUT2D eigenvalue weighted by molar-refractivity contribution is 0.277. The number of hydrogen-bond donors (Lipinski definition) is 2. The Morgan fingerprint density at radius 2 is 2.15 bits per heavy atom. The fourth-order valence-corrected chi connectivity index (χ4v) is 1.25. The van der Waals surface area contributed by atoms with E-state index < -0.39 is 18.2 Å². The number of benzene rings is 1. The van der Waals surface area contributed by atoms with Gasteiger partial charge in [0.2, 0.25) is 0 Å². The molecule has 0 radical (unpaired) electrons. The molecule has 1 heterocycles. The van der Waals surface area contributed by atoms with Crippen molar-refractivity contribution in [1.82, 2.24) is 9.97 Å². The van der Waals surface area contributed by atoms with E-state index in [1.54, 1.807) is 0 Å². The second kappa shape index (κ2) is 2.77. The van der Waals surface area contributed by atoms with Crippen LogP contribution in [-0.2, 0) is 6.61 Å². The quantitative estimate of drug-likeness (QED) is 0.702. The summed E-state index contributed by atoms with van der Waals surface area (Å²) in [4.78, 5) is 6.23. The summed E-state index contributed by atoms with van der Waals surface area (Å²) < 4.78 is 26.0. The third-order valence-electron chi connectivity index (χ3n) is 1.87. The first-order valence-electron chi connectivity index (χ1n) is 3.65. The molecule has 0 saturated heterocycles. The van der Waals surface area contributed by atoms with E-state index in [-0.39, 0.29) is 16.6 Å². The number of halogens is 2. The van der Waals surface area contributed by atoms with Gasteiger partial charge in [-0.1, -0.05) is 0 Å². The van der Waals surface area contributed by atoms with Crippen LogP contribution in [-0.4, -0.2) is 15.1 Å². The first-order chi connectivity index (χ1) is 6.24. The van der Waals surface area contributed by atoms with Gasteiger partial charge in [-0.3, -0.25) is 0 Å². The molecule has 2 aromatic rings. The first kappa shape index (κ1) is 8.12. The Hall–Kier alpha value is -1.49. The van der Waals surface area contributed by atoms with Gasteiger partial charge in [0.15, 0.2) is 5.82 Å². The molecule has 2 N–H and O–H groups in total. The zero-order valence-corrected chi connectivity index (χ0v) is 6.51. The van der Waals surface area contributed by atoms with E-state index in [4.69, 9.17) is 5.11 Å². The van der Waals surface area contributed by atoms with E-state index in [0.717, 1.165) is 0 Å². The van der Waals surface area contributed by atoms with Crippen LogP contribution in [0.1, 0.15) is 5.56 Å². The standard InChI is InChI=1S/C8H6F2N2O/c9-5-1-6(10)8-7(4(5)2-13)11-3-12-8/h1,3,13H,2H2,(H,11,12). The zero-order valence-electron chi connectivity index (χ0n) is 6.51. The molecule has 0 aliphatic carbocycles. The van der Waals surface area contributed by atoms with Crippen molar-refractivity contribution in [2.45, 2.75) is 6.61 Å². The molecule has 0 atom stereocenters. The number of imidazole rings is 1. The van der Waals surface area contributed by atoms with E-state index in [1.165, 1.54) is 6.33 Å². The minimum absolute atomic E-state index is 0.0360. The Balaban J connectivity index is 2.88. The maximum absolute atomic E-state index is 13.0. The molecule has 5 heteroatoms. The number of aromatic nitrogens is 2. The van der Waals surface area contributed by atoms with Crippen molar-refractivity contribution < 1.29 is 13.9 Å². The molecule has 3 nitrogen and oxygen atoms in total. The predicted octanol–water partition coefficient (Wildman–Crippen LogP) is 1.33. The van der Waals surface area contributed by atoms with Gasteiger partial charge in [0, 0.05) is 11.6 Å². The van der Waals surface area contributed by atoms with E-state index in [2.05, 4.69) is 9.97 Å². The lowest BCUT2D eigenvalue weighted by Crippen LogP contribution is -1.94. The van der Waals surface area contributed by atoms with E-state index in [9.17, 15) is 8.78 Å². The number of fused-ring (bicyclic) bond motifs is 1. The molecule has 68 valence electrons. The second-order valence-corrected chi connectivity index (χ2v) is 2.60. The third-order valence-corrected chi connectivity index (χ3v) is 1.87. The number of aliphatic hydroxyl groups is 1. The van der Waals surface area contributed by atoms with Gasteiger partial charge in [0.05, 0.1) is 18.5 Å². The largest absolute Gasteiger partial charge is 0.391 e. The number of H-pyrrole nitrogens is 1. The van der Waals surface area contributed by atoms with Crippen LogP contribution < -0.4 is 0 Å². The van der Waals surface area contributed by atoms with Gasteiger partial charge in [-0.05, 0) is 0 Å². The highest BCUT2D eigenvalue weighted by molar-refractivity contribution is 5.78. The third kappa shape index (κ3) is 1.08. The van der Waals surface area contributed by atoms with Crippen LogP contribution >= 0.6 is 0 Å². The maximum atomic E-state index is 13.0. The summed E-state index contributed by atoms with van der Waals surface area (Å²) in [6, 6.07) is 0.717. The number of aliphatic hydroxyl groups excluding tert-OH is 1. The van der Waals surface area contributed by atoms with Gasteiger partial charge < -0.3 is 10.1 Å². The molecule has 0 amide bonds. The van der Waals surface area contributed by atoms with Crippen molar-refractivity contribution in [2.75, 3.05) is 0 Å². The Morgan fingerprint density at radius 1 is 1.38 bits per heavy atom. The second-order valence-electron chi connectivity index (χ2n) is 2.60. The summed E-state index contributed by atoms with van der Waals surface area (Å²) in [5.41, 5.74) is 0.291. The topological polar surface area (TPSA) is 48.9 Å². The Kier molecular flexibility index (Phi) is 1.73. The van der Waals surface area contributed by atoms with Crippen LogP contribution in [0.5, 0.6) is 0 Å². The van der Waals surface area contributed by atoms with Crippen molar-refractivity contribution in [1.29, 1.82) is 0 Å². The molecule has 2 rings (SSSR count). The summed E-state index contributed by atoms with van der Waals surface area (Å²) in [5.74, 6) is -1.50. The van der Waals surface area contributed by atoms with Crippen LogP contribution in [0, 0.1) is 11.6 Å². The molecule has 0 spiro atoms. The Labute approximate surface area is 72.0 Å². The van der Waals surface area contributed by atoms with Crippen LogP contribution in [0.4, 0.5) is 8.78 Å². The minimum atomic E-state index is -0.767. The highest BCUT2D eigenvalue weighted by atomic mass is 19.1. The minimum Gasteiger partial charge on any atom is -0.391 e. The van der Waals surface area contributed by atoms with Gasteiger partial charge in [-0.25, -0.2) is 13.8 Å². The van der Waals surface area contributed by atoms with Gasteiger partial charge in [0.1, 0.15) is 11.3 Å². The number of aromatic amines is 1. The number of hydrogen-bond acceptors (Lipinski definition) is 2. The van der Waals surface area contributed by atoms with Crippen molar-refractivity contribution in [3.63, 3.8) is 0 Å². The normalized spacial score (nSPS) is 11.0. The van der Waals surface area contributed by atoms with E-state index in [0.29, 0.717) is 6.07 Å². The number of rotatable bonds is 1. The zero-order chi connectivity index (χ0) is 9.42. The first-order valence-corrected chi connectivity index (χ1v) is 3.65. The lowest BCUT2D eigenvalue weighted by atomic mass is 10.2. The van der Waals surface area contributed by atoms with Crippen molar-refractivity contribution >= 4 is 11.0 Å². The molecule has 0 bridgehead atoms. The molecule has 0 aliphatic rings. The highest BCUT2D eigenvalue weighted by Gasteiger charge is 2.12. The molecular weight excluding hydrogens is 178 g/mol. The Morgan fingerprint density at radius 3 is 2.85 bits per heavy atom. The predicted molar refractivity (Wildman–Crippen MR) is 41.9 cm³/mol. The molecule has 0 fully saturated rings. The van der Waals surface area contributed by atoms with Crippen molar-refractivity contribution in [2.24, 2.45) is 0 Å². The SMILES string of the molecule is OCc1c(F)cc(F)c2nc[nH]c12. The molecule has 0 saturated carbocycles. The summed E-state index contributed by atoms with van der Waals surface area (Å²) in [7, 11) is 0. The van der Waals surface area contributed by atoms with E-state index in [1.807, 2.05) is 0 Å². The maximum Gasteiger partial charge on any atom is 0.153 e. The smallest absolute Gasteiger partial charge is 0.153 e.